The summed E-state index contributed by atoms with van der Waals surface area (Å²) in [5.41, 5.74) is 1.09. The van der Waals surface area contributed by atoms with Crippen LogP contribution in [0.3, 0.4) is 0 Å². The van der Waals surface area contributed by atoms with E-state index in [2.05, 4.69) is 10.6 Å². The summed E-state index contributed by atoms with van der Waals surface area (Å²) in [4.78, 5) is 26.3. The summed E-state index contributed by atoms with van der Waals surface area (Å²) < 4.78 is 0. The summed E-state index contributed by atoms with van der Waals surface area (Å²) in [5.74, 6) is -0.107. The lowest BCUT2D eigenvalue weighted by Gasteiger charge is -2.22. The fourth-order valence-electron chi connectivity index (χ4n) is 2.77. The van der Waals surface area contributed by atoms with Gasteiger partial charge in [-0.3, -0.25) is 9.59 Å². The van der Waals surface area contributed by atoms with E-state index in [1.807, 2.05) is 13.8 Å². The van der Waals surface area contributed by atoms with Crippen molar-refractivity contribution in [2.45, 2.75) is 26.7 Å². The van der Waals surface area contributed by atoms with Gasteiger partial charge in [0.1, 0.15) is 0 Å². The number of nitrogens with zero attached hydrogens (tertiary/aromatic N) is 1. The van der Waals surface area contributed by atoms with E-state index >= 15 is 0 Å². The van der Waals surface area contributed by atoms with Crippen LogP contribution in [0.2, 0.25) is 5.02 Å². The predicted molar refractivity (Wildman–Crippen MR) is 92.9 cm³/mol. The molecular weight excluding hydrogens is 314 g/mol. The highest BCUT2D eigenvalue weighted by atomic mass is 35.5. The van der Waals surface area contributed by atoms with E-state index < -0.39 is 0 Å². The summed E-state index contributed by atoms with van der Waals surface area (Å²) >= 11 is 6.24. The molecule has 0 spiro atoms. The molecule has 0 aliphatic carbocycles. The average molecular weight is 338 g/mol. The Morgan fingerprint density at radius 2 is 2.09 bits per heavy atom. The van der Waals surface area contributed by atoms with Crippen LogP contribution < -0.4 is 10.6 Å². The Morgan fingerprint density at radius 1 is 1.35 bits per heavy atom. The zero-order valence-corrected chi connectivity index (χ0v) is 14.4. The molecule has 1 aromatic carbocycles. The SMILES string of the molecule is CCN(CC)C(=O)c1ccc(NC(=O)C2CCCNC2)cc1Cl. The second kappa shape index (κ2) is 8.31. The van der Waals surface area contributed by atoms with Crippen molar-refractivity contribution in [3.63, 3.8) is 0 Å². The summed E-state index contributed by atoms with van der Waals surface area (Å²) in [6, 6.07) is 5.06. The minimum absolute atomic E-state index is 0.00362. The molecule has 6 heteroatoms. The monoisotopic (exact) mass is 337 g/mol. The van der Waals surface area contributed by atoms with Crippen LogP contribution in [0.4, 0.5) is 5.69 Å². The van der Waals surface area contributed by atoms with Crippen LogP contribution in [0.1, 0.15) is 37.0 Å². The fourth-order valence-corrected chi connectivity index (χ4v) is 3.03. The first kappa shape index (κ1) is 17.8. The summed E-state index contributed by atoms with van der Waals surface area (Å²) in [6.07, 6.45) is 1.90. The lowest BCUT2D eigenvalue weighted by atomic mass is 9.99. The third kappa shape index (κ3) is 4.45. The molecule has 2 amide bonds. The van der Waals surface area contributed by atoms with E-state index in [1.54, 1.807) is 23.1 Å². The molecule has 126 valence electrons. The highest BCUT2D eigenvalue weighted by Crippen LogP contribution is 2.23. The zero-order chi connectivity index (χ0) is 16.8. The number of hydrogen-bond acceptors (Lipinski definition) is 3. The van der Waals surface area contributed by atoms with Crippen molar-refractivity contribution in [3.8, 4) is 0 Å². The Balaban J connectivity index is 2.06. The zero-order valence-electron chi connectivity index (χ0n) is 13.7. The average Bonchev–Trinajstić information content (AvgIpc) is 2.56. The second-order valence-corrected chi connectivity index (χ2v) is 6.11. The van der Waals surface area contributed by atoms with Gasteiger partial charge in [0.25, 0.3) is 5.91 Å². The predicted octanol–water partition coefficient (Wildman–Crippen LogP) is 2.76. The molecule has 0 saturated carbocycles. The molecule has 5 nitrogen and oxygen atoms in total. The van der Waals surface area contributed by atoms with E-state index in [-0.39, 0.29) is 17.7 Å². The molecule has 1 unspecified atom stereocenters. The number of piperidine rings is 1. The first-order valence-electron chi connectivity index (χ1n) is 8.17. The summed E-state index contributed by atoms with van der Waals surface area (Å²) in [5, 5.41) is 6.48. The quantitative estimate of drug-likeness (QED) is 0.868. The molecule has 1 saturated heterocycles. The number of anilines is 1. The standard InChI is InChI=1S/C17H24ClN3O2/c1-3-21(4-2)17(23)14-8-7-13(10-15(14)18)20-16(22)12-6-5-9-19-11-12/h7-8,10,12,19H,3-6,9,11H2,1-2H3,(H,20,22). The fraction of sp³-hybridized carbons (Fsp3) is 0.529. The maximum atomic E-state index is 12.4. The first-order chi connectivity index (χ1) is 11.1. The number of carbonyl (C=O) groups is 2. The van der Waals surface area contributed by atoms with Crippen molar-refractivity contribution >= 4 is 29.1 Å². The second-order valence-electron chi connectivity index (χ2n) is 5.70. The van der Waals surface area contributed by atoms with E-state index in [4.69, 9.17) is 11.6 Å². The Hall–Kier alpha value is -1.59. The maximum absolute atomic E-state index is 12.4. The van der Waals surface area contributed by atoms with Gasteiger partial charge in [0, 0.05) is 25.3 Å². The number of carbonyl (C=O) groups excluding carboxylic acids is 2. The molecular formula is C17H24ClN3O2. The van der Waals surface area contributed by atoms with E-state index in [0.29, 0.717) is 35.9 Å². The molecule has 1 aliphatic rings. The number of nitrogens with one attached hydrogen (secondary N) is 2. The van der Waals surface area contributed by atoms with Crippen molar-refractivity contribution in [3.05, 3.63) is 28.8 Å². The summed E-state index contributed by atoms with van der Waals surface area (Å²) in [6.45, 7) is 6.82. The lowest BCUT2D eigenvalue weighted by Crippen LogP contribution is -2.37. The van der Waals surface area contributed by atoms with Crippen LogP contribution in [0, 0.1) is 5.92 Å². The van der Waals surface area contributed by atoms with Gasteiger partial charge in [-0.05, 0) is 51.4 Å². The molecule has 1 heterocycles. The van der Waals surface area contributed by atoms with Gasteiger partial charge in [-0.25, -0.2) is 0 Å². The van der Waals surface area contributed by atoms with Crippen LogP contribution in [-0.2, 0) is 4.79 Å². The van der Waals surface area contributed by atoms with Crippen molar-refractivity contribution in [1.29, 1.82) is 0 Å². The van der Waals surface area contributed by atoms with Crippen molar-refractivity contribution in [2.75, 3.05) is 31.5 Å². The lowest BCUT2D eigenvalue weighted by molar-refractivity contribution is -0.120. The van der Waals surface area contributed by atoms with E-state index in [9.17, 15) is 9.59 Å². The topological polar surface area (TPSA) is 61.4 Å². The molecule has 23 heavy (non-hydrogen) atoms. The third-order valence-electron chi connectivity index (χ3n) is 4.19. The van der Waals surface area contributed by atoms with Crippen LogP contribution in [0.25, 0.3) is 0 Å². The molecule has 0 radical (unpaired) electrons. The number of hydrogen-bond donors (Lipinski definition) is 2. The Labute approximate surface area is 142 Å². The van der Waals surface area contributed by atoms with E-state index in [1.165, 1.54) is 0 Å². The highest BCUT2D eigenvalue weighted by Gasteiger charge is 2.21. The number of amides is 2. The Kier molecular flexibility index (Phi) is 6.42. The molecule has 1 fully saturated rings. The largest absolute Gasteiger partial charge is 0.339 e. The Morgan fingerprint density at radius 3 is 2.65 bits per heavy atom. The molecule has 1 aromatic rings. The van der Waals surface area contributed by atoms with Gasteiger partial charge >= 0.3 is 0 Å². The van der Waals surface area contributed by atoms with Crippen molar-refractivity contribution in [2.24, 2.45) is 5.92 Å². The highest BCUT2D eigenvalue weighted by molar-refractivity contribution is 6.34. The van der Waals surface area contributed by atoms with Crippen molar-refractivity contribution in [1.82, 2.24) is 10.2 Å². The van der Waals surface area contributed by atoms with Gasteiger partial charge in [-0.2, -0.15) is 0 Å². The minimum Gasteiger partial charge on any atom is -0.339 e. The van der Waals surface area contributed by atoms with Gasteiger partial charge in [0.2, 0.25) is 5.91 Å². The minimum atomic E-state index is -0.0886. The smallest absolute Gasteiger partial charge is 0.255 e. The number of rotatable bonds is 5. The third-order valence-corrected chi connectivity index (χ3v) is 4.50. The van der Waals surface area contributed by atoms with Gasteiger partial charge in [-0.1, -0.05) is 11.6 Å². The van der Waals surface area contributed by atoms with Gasteiger partial charge < -0.3 is 15.5 Å². The molecule has 2 N–H and O–H groups in total. The summed E-state index contributed by atoms with van der Waals surface area (Å²) in [7, 11) is 0. The number of halogens is 1. The van der Waals surface area contributed by atoms with Gasteiger partial charge in [0.05, 0.1) is 16.5 Å². The Bertz CT molecular complexity index is 567. The molecule has 1 aliphatic heterocycles. The van der Waals surface area contributed by atoms with Gasteiger partial charge in [0.15, 0.2) is 0 Å². The van der Waals surface area contributed by atoms with Crippen LogP contribution in [0.5, 0.6) is 0 Å². The molecule has 2 rings (SSSR count). The normalized spacial score (nSPS) is 17.6. The van der Waals surface area contributed by atoms with Crippen LogP contribution in [0.15, 0.2) is 18.2 Å². The molecule has 0 aromatic heterocycles. The molecule has 1 atom stereocenters. The van der Waals surface area contributed by atoms with Crippen LogP contribution in [-0.4, -0.2) is 42.9 Å². The van der Waals surface area contributed by atoms with E-state index in [0.717, 1.165) is 19.4 Å². The number of benzene rings is 1. The maximum Gasteiger partial charge on any atom is 0.255 e. The molecule has 0 bridgehead atoms. The van der Waals surface area contributed by atoms with Gasteiger partial charge in [-0.15, -0.1) is 0 Å². The van der Waals surface area contributed by atoms with Crippen molar-refractivity contribution < 1.29 is 9.59 Å². The first-order valence-corrected chi connectivity index (χ1v) is 8.55. The van der Waals surface area contributed by atoms with Crippen LogP contribution >= 0.6 is 11.6 Å².